The molecule has 5 rings (SSSR count). The highest BCUT2D eigenvalue weighted by atomic mass is 35.5. The predicted octanol–water partition coefficient (Wildman–Crippen LogP) is 5.52. The number of thioether (sulfide) groups is 2. The van der Waals surface area contributed by atoms with Crippen LogP contribution >= 0.6 is 35.1 Å². The highest BCUT2D eigenvalue weighted by Gasteiger charge is 2.24. The van der Waals surface area contributed by atoms with Crippen LogP contribution in [0.25, 0.3) is 17.1 Å². The first-order chi connectivity index (χ1) is 16.1. The lowest BCUT2D eigenvalue weighted by atomic mass is 10.2. The second-order valence-corrected chi connectivity index (χ2v) is 9.90. The van der Waals surface area contributed by atoms with E-state index in [4.69, 9.17) is 11.6 Å². The van der Waals surface area contributed by atoms with Crippen LogP contribution in [0.2, 0.25) is 5.02 Å². The third-order valence-corrected chi connectivity index (χ3v) is 7.77. The third kappa shape index (κ3) is 4.38. The minimum absolute atomic E-state index is 0.0515. The number of rotatable bonds is 5. The molecule has 9 heteroatoms. The number of nitrogens with zero attached hydrogens (tertiary/aromatic N) is 5. The summed E-state index contributed by atoms with van der Waals surface area (Å²) in [7, 11) is 0. The van der Waals surface area contributed by atoms with Gasteiger partial charge in [-0.1, -0.05) is 41.6 Å². The van der Waals surface area contributed by atoms with E-state index < -0.39 is 0 Å². The van der Waals surface area contributed by atoms with Crippen molar-refractivity contribution in [3.05, 3.63) is 77.6 Å². The fraction of sp³-hybridized carbons (Fsp3) is 0.167. The topological polar surface area (TPSA) is 63.9 Å². The molecule has 2 aromatic heterocycles. The summed E-state index contributed by atoms with van der Waals surface area (Å²) in [4.78, 5) is 20.3. The number of pyridine rings is 1. The van der Waals surface area contributed by atoms with E-state index in [2.05, 4.69) is 21.2 Å². The number of hydrogen-bond acceptors (Lipinski definition) is 6. The molecule has 0 unspecified atom stereocenters. The van der Waals surface area contributed by atoms with E-state index in [0.29, 0.717) is 22.5 Å². The Morgan fingerprint density at radius 1 is 1.06 bits per heavy atom. The van der Waals surface area contributed by atoms with Crippen molar-refractivity contribution in [3.8, 4) is 17.1 Å². The van der Waals surface area contributed by atoms with Gasteiger partial charge in [-0.25, -0.2) is 0 Å². The van der Waals surface area contributed by atoms with Gasteiger partial charge in [0.2, 0.25) is 5.91 Å². The normalized spacial score (nSPS) is 13.1. The van der Waals surface area contributed by atoms with Crippen LogP contribution in [0.3, 0.4) is 0 Å². The summed E-state index contributed by atoms with van der Waals surface area (Å²) in [6.07, 6.45) is 3.45. The smallest absolute Gasteiger partial charge is 0.237 e. The Morgan fingerprint density at radius 2 is 1.85 bits per heavy atom. The monoisotopic (exact) mass is 493 g/mol. The van der Waals surface area contributed by atoms with Crippen LogP contribution in [-0.4, -0.2) is 43.7 Å². The van der Waals surface area contributed by atoms with Gasteiger partial charge in [0.05, 0.1) is 17.1 Å². The number of carbonyl (C=O) groups excluding carboxylic acids is 1. The van der Waals surface area contributed by atoms with Crippen molar-refractivity contribution in [2.75, 3.05) is 23.0 Å². The lowest BCUT2D eigenvalue weighted by Gasteiger charge is -2.28. The molecule has 0 atom stereocenters. The number of aromatic nitrogens is 4. The zero-order valence-electron chi connectivity index (χ0n) is 17.8. The van der Waals surface area contributed by atoms with Gasteiger partial charge in [0, 0.05) is 40.2 Å². The van der Waals surface area contributed by atoms with Crippen LogP contribution in [0.4, 0.5) is 5.69 Å². The summed E-state index contributed by atoms with van der Waals surface area (Å²) in [5, 5.41) is 10.2. The average molecular weight is 494 g/mol. The molecule has 1 amide bonds. The number of amides is 1. The number of benzene rings is 2. The third-order valence-electron chi connectivity index (χ3n) is 5.41. The second kappa shape index (κ2) is 9.59. The second-order valence-electron chi connectivity index (χ2n) is 7.41. The summed E-state index contributed by atoms with van der Waals surface area (Å²) in [6.45, 7) is 2.67. The van der Waals surface area contributed by atoms with Gasteiger partial charge in [0.1, 0.15) is 0 Å². The summed E-state index contributed by atoms with van der Waals surface area (Å²) in [5.74, 6) is 1.87. The molecule has 166 valence electrons. The van der Waals surface area contributed by atoms with E-state index in [-0.39, 0.29) is 11.7 Å². The Balaban J connectivity index is 1.47. The van der Waals surface area contributed by atoms with Gasteiger partial charge in [-0.05, 0) is 48.9 Å². The van der Waals surface area contributed by atoms with Crippen LogP contribution in [-0.2, 0) is 4.79 Å². The van der Waals surface area contributed by atoms with Crippen LogP contribution in [0.5, 0.6) is 0 Å². The molecule has 1 aliphatic heterocycles. The zero-order valence-corrected chi connectivity index (χ0v) is 20.2. The van der Waals surface area contributed by atoms with E-state index in [1.807, 2.05) is 64.9 Å². The Hall–Kier alpha value is -2.81. The molecule has 2 aromatic carbocycles. The van der Waals surface area contributed by atoms with Crippen molar-refractivity contribution in [3.63, 3.8) is 0 Å². The van der Waals surface area contributed by atoms with Gasteiger partial charge in [0.25, 0.3) is 0 Å². The first-order valence-electron chi connectivity index (χ1n) is 10.4. The first-order valence-corrected chi connectivity index (χ1v) is 12.7. The number of hydrogen-bond donors (Lipinski definition) is 0. The fourth-order valence-corrected chi connectivity index (χ4v) is 5.72. The number of carbonyl (C=O) groups is 1. The maximum atomic E-state index is 13.2. The van der Waals surface area contributed by atoms with Gasteiger partial charge in [-0.15, -0.1) is 22.0 Å². The van der Waals surface area contributed by atoms with Crippen molar-refractivity contribution in [2.24, 2.45) is 0 Å². The van der Waals surface area contributed by atoms with Crippen molar-refractivity contribution < 1.29 is 4.79 Å². The van der Waals surface area contributed by atoms with Gasteiger partial charge >= 0.3 is 0 Å². The first kappa shape index (κ1) is 22.0. The molecule has 6 nitrogen and oxygen atoms in total. The van der Waals surface area contributed by atoms with Gasteiger partial charge in [0.15, 0.2) is 11.0 Å². The average Bonchev–Trinajstić information content (AvgIpc) is 3.28. The lowest BCUT2D eigenvalue weighted by molar-refractivity contribution is -0.116. The van der Waals surface area contributed by atoms with E-state index in [0.717, 1.165) is 33.2 Å². The summed E-state index contributed by atoms with van der Waals surface area (Å²) >= 11 is 9.59. The number of fused-ring (bicyclic) bond motifs is 1. The molecule has 3 heterocycles. The molecule has 0 spiro atoms. The van der Waals surface area contributed by atoms with Gasteiger partial charge < -0.3 is 4.90 Å². The summed E-state index contributed by atoms with van der Waals surface area (Å²) in [6, 6.07) is 17.6. The summed E-state index contributed by atoms with van der Waals surface area (Å²) < 4.78 is 1.97. The van der Waals surface area contributed by atoms with Crippen molar-refractivity contribution in [2.45, 2.75) is 17.0 Å². The van der Waals surface area contributed by atoms with Gasteiger partial charge in [-0.3, -0.25) is 14.3 Å². The van der Waals surface area contributed by atoms with Crippen LogP contribution in [0.15, 0.2) is 77.0 Å². The van der Waals surface area contributed by atoms with Crippen molar-refractivity contribution in [1.29, 1.82) is 0 Å². The van der Waals surface area contributed by atoms with Crippen LogP contribution in [0.1, 0.15) is 5.56 Å². The minimum Gasteiger partial charge on any atom is -0.310 e. The molecule has 33 heavy (non-hydrogen) atoms. The Morgan fingerprint density at radius 3 is 2.70 bits per heavy atom. The minimum atomic E-state index is 0.0515. The molecule has 0 saturated carbocycles. The number of anilines is 1. The zero-order chi connectivity index (χ0) is 22.8. The van der Waals surface area contributed by atoms with Crippen LogP contribution in [0, 0.1) is 6.92 Å². The molecule has 0 bridgehead atoms. The molecular formula is C24H20ClN5OS2. The molecule has 0 radical (unpaired) electrons. The van der Waals surface area contributed by atoms with E-state index in [9.17, 15) is 4.79 Å². The molecule has 0 fully saturated rings. The Bertz CT molecular complexity index is 1310. The van der Waals surface area contributed by atoms with Crippen LogP contribution < -0.4 is 4.90 Å². The van der Waals surface area contributed by atoms with Crippen molar-refractivity contribution in [1.82, 2.24) is 19.7 Å². The Kier molecular flexibility index (Phi) is 6.39. The molecule has 0 saturated heterocycles. The van der Waals surface area contributed by atoms with E-state index >= 15 is 0 Å². The maximum Gasteiger partial charge on any atom is 0.237 e. The van der Waals surface area contributed by atoms with Crippen molar-refractivity contribution >= 4 is 46.7 Å². The number of para-hydroxylation sites is 1. The molecule has 0 N–H and O–H groups in total. The lowest BCUT2D eigenvalue weighted by Crippen LogP contribution is -2.36. The van der Waals surface area contributed by atoms with E-state index in [1.54, 1.807) is 24.2 Å². The largest absolute Gasteiger partial charge is 0.310 e. The highest BCUT2D eigenvalue weighted by molar-refractivity contribution is 8.00. The van der Waals surface area contributed by atoms with E-state index in [1.165, 1.54) is 11.8 Å². The SMILES string of the molecule is Cc1c(Cl)cccc1-n1c(SCC(=O)N2CCSc3ccccc32)nnc1-c1ccncc1. The number of halogens is 1. The Labute approximate surface area is 205 Å². The maximum absolute atomic E-state index is 13.2. The quantitative estimate of drug-likeness (QED) is 0.341. The van der Waals surface area contributed by atoms with Gasteiger partial charge in [-0.2, -0.15) is 0 Å². The molecule has 1 aliphatic rings. The molecule has 0 aliphatic carbocycles. The molecular weight excluding hydrogens is 474 g/mol. The molecule has 4 aromatic rings. The highest BCUT2D eigenvalue weighted by Crippen LogP contribution is 2.36. The predicted molar refractivity (Wildman–Crippen MR) is 135 cm³/mol. The summed E-state index contributed by atoms with van der Waals surface area (Å²) in [5.41, 5.74) is 3.67. The fourth-order valence-electron chi connectivity index (χ4n) is 3.74. The standard InChI is InChI=1S/C24H20ClN5OS2/c1-16-18(25)5-4-7-19(16)30-23(17-9-11-26-12-10-17)27-28-24(30)33-15-22(31)29-13-14-32-21-8-3-2-6-20(21)29/h2-12H,13-15H2,1H3.